The molecule has 1 aliphatic heterocycles. The molecule has 0 bridgehead atoms. The van der Waals surface area contributed by atoms with E-state index in [0.29, 0.717) is 17.1 Å². The normalized spacial score (nSPS) is 19.1. The largest absolute Gasteiger partial charge is 0.494 e. The number of nitrogens with two attached hydrogens (primary N) is 1. The second kappa shape index (κ2) is 4.56. The first-order chi connectivity index (χ1) is 8.52. The lowest BCUT2D eigenvalue weighted by Crippen LogP contribution is -2.26. The molecule has 6 nitrogen and oxygen atoms in total. The van der Waals surface area contributed by atoms with E-state index in [1.54, 1.807) is 18.2 Å². The summed E-state index contributed by atoms with van der Waals surface area (Å²) >= 11 is 0. The van der Waals surface area contributed by atoms with Gasteiger partial charge in [-0.25, -0.2) is 0 Å². The van der Waals surface area contributed by atoms with Crippen molar-refractivity contribution in [2.45, 2.75) is 6.42 Å². The fourth-order valence-electron chi connectivity index (χ4n) is 2.02. The van der Waals surface area contributed by atoms with Gasteiger partial charge in [-0.2, -0.15) is 0 Å². The van der Waals surface area contributed by atoms with Crippen LogP contribution in [0.4, 0.5) is 11.4 Å². The van der Waals surface area contributed by atoms with Crippen molar-refractivity contribution in [2.75, 3.05) is 24.3 Å². The number of ether oxygens (including phenoxy) is 1. The van der Waals surface area contributed by atoms with Crippen molar-refractivity contribution in [2.24, 2.45) is 5.92 Å². The van der Waals surface area contributed by atoms with Gasteiger partial charge in [0.25, 0.3) is 0 Å². The highest BCUT2D eigenvalue weighted by Gasteiger charge is 2.36. The molecule has 1 aromatic rings. The molecule has 0 radical (unpaired) electrons. The molecular weight excluding hydrogens is 236 g/mol. The highest BCUT2D eigenvalue weighted by molar-refractivity contribution is 6.00. The fraction of sp³-hybridized carbons (Fsp3) is 0.333. The summed E-state index contributed by atoms with van der Waals surface area (Å²) in [4.78, 5) is 24.1. The number of anilines is 2. The smallest absolute Gasteiger partial charge is 0.308 e. The van der Waals surface area contributed by atoms with Crippen molar-refractivity contribution < 1.29 is 19.4 Å². The van der Waals surface area contributed by atoms with Crippen molar-refractivity contribution in [3.8, 4) is 5.75 Å². The number of hydrogen-bond donors (Lipinski definition) is 2. The van der Waals surface area contributed by atoms with Gasteiger partial charge in [0.05, 0.1) is 18.7 Å². The van der Waals surface area contributed by atoms with Crippen LogP contribution in [-0.2, 0) is 9.59 Å². The zero-order chi connectivity index (χ0) is 13.3. The molecule has 6 heteroatoms. The Hall–Kier alpha value is -2.24. The number of amides is 1. The van der Waals surface area contributed by atoms with Crippen LogP contribution in [0, 0.1) is 5.92 Å². The Morgan fingerprint density at radius 1 is 1.56 bits per heavy atom. The minimum Gasteiger partial charge on any atom is -0.494 e. The van der Waals surface area contributed by atoms with Crippen LogP contribution in [0.2, 0.25) is 0 Å². The van der Waals surface area contributed by atoms with Gasteiger partial charge in [0.1, 0.15) is 5.75 Å². The first-order valence-corrected chi connectivity index (χ1v) is 5.49. The molecule has 1 aliphatic rings. The Morgan fingerprint density at radius 3 is 2.83 bits per heavy atom. The summed E-state index contributed by atoms with van der Waals surface area (Å²) in [5.41, 5.74) is 6.72. The van der Waals surface area contributed by atoms with Crippen LogP contribution < -0.4 is 15.4 Å². The number of nitrogens with zero attached hydrogens (tertiary/aromatic N) is 1. The summed E-state index contributed by atoms with van der Waals surface area (Å²) in [5.74, 6) is -1.38. The quantitative estimate of drug-likeness (QED) is 0.771. The molecule has 2 rings (SSSR count). The van der Waals surface area contributed by atoms with Crippen LogP contribution in [0.1, 0.15) is 6.42 Å². The molecule has 1 aromatic carbocycles. The van der Waals surface area contributed by atoms with Crippen LogP contribution in [0.3, 0.4) is 0 Å². The molecule has 96 valence electrons. The molecular formula is C12H14N2O4. The van der Waals surface area contributed by atoms with Gasteiger partial charge in [-0.15, -0.1) is 0 Å². The Bertz CT molecular complexity index is 501. The van der Waals surface area contributed by atoms with Crippen molar-refractivity contribution in [1.82, 2.24) is 0 Å². The van der Waals surface area contributed by atoms with E-state index in [0.717, 1.165) is 0 Å². The number of carbonyl (C=O) groups is 2. The highest BCUT2D eigenvalue weighted by atomic mass is 16.5. The Morgan fingerprint density at radius 2 is 2.28 bits per heavy atom. The van der Waals surface area contributed by atoms with E-state index in [9.17, 15) is 9.59 Å². The number of methoxy groups -OCH3 is 1. The maximum atomic E-state index is 11.8. The average molecular weight is 250 g/mol. The first kappa shape index (κ1) is 12.2. The molecule has 1 fully saturated rings. The first-order valence-electron chi connectivity index (χ1n) is 5.49. The van der Waals surface area contributed by atoms with E-state index in [-0.39, 0.29) is 18.9 Å². The Kier molecular flexibility index (Phi) is 3.10. The van der Waals surface area contributed by atoms with Gasteiger partial charge in [-0.05, 0) is 12.1 Å². The van der Waals surface area contributed by atoms with Crippen LogP contribution in [-0.4, -0.2) is 30.6 Å². The van der Waals surface area contributed by atoms with Gasteiger partial charge in [0, 0.05) is 24.7 Å². The number of carbonyl (C=O) groups excluding carboxylic acids is 1. The number of nitrogen functional groups attached to an aromatic ring is 1. The predicted molar refractivity (Wildman–Crippen MR) is 65.5 cm³/mol. The maximum absolute atomic E-state index is 11.8. The van der Waals surface area contributed by atoms with Crippen molar-refractivity contribution in [1.29, 1.82) is 0 Å². The molecule has 1 amide bonds. The molecule has 0 aromatic heterocycles. The SMILES string of the molecule is COc1cc(N)ccc1N1CC(C(=O)O)CC1=O. The molecule has 3 N–H and O–H groups in total. The van der Waals surface area contributed by atoms with Crippen molar-refractivity contribution in [3.63, 3.8) is 0 Å². The van der Waals surface area contributed by atoms with Gasteiger partial charge >= 0.3 is 5.97 Å². The lowest BCUT2D eigenvalue weighted by molar-refractivity contribution is -0.141. The van der Waals surface area contributed by atoms with E-state index >= 15 is 0 Å². The van der Waals surface area contributed by atoms with E-state index in [1.165, 1.54) is 12.0 Å². The third-order valence-electron chi connectivity index (χ3n) is 2.97. The monoisotopic (exact) mass is 250 g/mol. The van der Waals surface area contributed by atoms with E-state index in [2.05, 4.69) is 0 Å². The molecule has 1 atom stereocenters. The standard InChI is InChI=1S/C12H14N2O4/c1-18-10-5-8(13)2-3-9(10)14-6-7(12(16)17)4-11(14)15/h2-3,5,7H,4,6,13H2,1H3,(H,16,17). The summed E-state index contributed by atoms with van der Waals surface area (Å²) in [6, 6.07) is 4.92. The minimum absolute atomic E-state index is 0.0167. The van der Waals surface area contributed by atoms with Crippen LogP contribution >= 0.6 is 0 Å². The zero-order valence-electron chi connectivity index (χ0n) is 9.92. The lowest BCUT2D eigenvalue weighted by Gasteiger charge is -2.19. The second-order valence-electron chi connectivity index (χ2n) is 4.17. The van der Waals surface area contributed by atoms with Crippen LogP contribution in [0.5, 0.6) is 5.75 Å². The number of benzene rings is 1. The summed E-state index contributed by atoms with van der Waals surface area (Å²) in [7, 11) is 1.48. The van der Waals surface area contributed by atoms with Crippen molar-refractivity contribution >= 4 is 23.3 Å². The van der Waals surface area contributed by atoms with Gasteiger partial charge < -0.3 is 20.5 Å². The molecule has 1 saturated heterocycles. The third kappa shape index (κ3) is 2.09. The van der Waals surface area contributed by atoms with Gasteiger partial charge in [0.15, 0.2) is 0 Å². The molecule has 0 aliphatic carbocycles. The molecule has 1 heterocycles. The van der Waals surface area contributed by atoms with Gasteiger partial charge in [-0.3, -0.25) is 9.59 Å². The average Bonchev–Trinajstić information content (AvgIpc) is 2.71. The minimum atomic E-state index is -0.958. The third-order valence-corrected chi connectivity index (χ3v) is 2.97. The highest BCUT2D eigenvalue weighted by Crippen LogP contribution is 2.34. The van der Waals surface area contributed by atoms with E-state index in [4.69, 9.17) is 15.6 Å². The number of hydrogen-bond acceptors (Lipinski definition) is 4. The van der Waals surface area contributed by atoms with E-state index in [1.807, 2.05) is 0 Å². The molecule has 18 heavy (non-hydrogen) atoms. The summed E-state index contributed by atoms with van der Waals surface area (Å²) < 4.78 is 5.16. The summed E-state index contributed by atoms with van der Waals surface area (Å²) in [5, 5.41) is 8.94. The number of aliphatic carboxylic acids is 1. The van der Waals surface area contributed by atoms with Gasteiger partial charge in [-0.1, -0.05) is 0 Å². The number of carboxylic acids is 1. The second-order valence-corrected chi connectivity index (χ2v) is 4.17. The molecule has 1 unspecified atom stereocenters. The van der Waals surface area contributed by atoms with E-state index < -0.39 is 11.9 Å². The zero-order valence-corrected chi connectivity index (χ0v) is 9.92. The predicted octanol–water partition coefficient (Wildman–Crippen LogP) is 0.715. The Balaban J connectivity index is 2.32. The van der Waals surface area contributed by atoms with Crippen molar-refractivity contribution in [3.05, 3.63) is 18.2 Å². The fourth-order valence-corrected chi connectivity index (χ4v) is 2.02. The number of carboxylic acid groups (broad SMARTS) is 1. The Labute approximate surface area is 104 Å². The lowest BCUT2D eigenvalue weighted by atomic mass is 10.1. The molecule has 0 saturated carbocycles. The molecule has 0 spiro atoms. The number of rotatable bonds is 3. The van der Waals surface area contributed by atoms with Gasteiger partial charge in [0.2, 0.25) is 5.91 Å². The topological polar surface area (TPSA) is 92.9 Å². The van der Waals surface area contributed by atoms with Crippen LogP contribution in [0.15, 0.2) is 18.2 Å². The summed E-state index contributed by atoms with van der Waals surface area (Å²) in [6.45, 7) is 0.161. The summed E-state index contributed by atoms with van der Waals surface area (Å²) in [6.07, 6.45) is 0.0167. The van der Waals surface area contributed by atoms with Crippen LogP contribution in [0.25, 0.3) is 0 Å². The maximum Gasteiger partial charge on any atom is 0.308 e.